The molecule has 3 N–H and O–H groups in total. The number of nitrogens with one attached hydrogen (secondary N) is 2. The zero-order chi connectivity index (χ0) is 25.1. The third kappa shape index (κ3) is 5.40. The van der Waals surface area contributed by atoms with Crippen LogP contribution in [0.25, 0.3) is 22.4 Å². The number of H-pyrrole nitrogens is 1. The molecule has 1 aromatic heterocycles. The molecular weight excluding hydrogens is 451 g/mol. The summed E-state index contributed by atoms with van der Waals surface area (Å²) in [7, 11) is 2.87. The fraction of sp³-hybridized carbons (Fsp3) is 0.250. The zero-order valence-electron chi connectivity index (χ0n) is 20.9. The second-order valence-electron chi connectivity index (χ2n) is 9.17. The minimum Gasteiger partial charge on any atom is -0.497 e. The number of rotatable bonds is 10. The van der Waals surface area contributed by atoms with Crippen molar-refractivity contribution in [3.63, 3.8) is 0 Å². The van der Waals surface area contributed by atoms with Gasteiger partial charge in [0.25, 0.3) is 0 Å². The first-order valence-electron chi connectivity index (χ1n) is 12.2. The van der Waals surface area contributed by atoms with Crippen LogP contribution < -0.4 is 14.8 Å². The summed E-state index contributed by atoms with van der Waals surface area (Å²) in [6, 6.07) is 24.9. The molecule has 7 nitrogen and oxygen atoms in total. The molecule has 3 aromatic carbocycles. The highest BCUT2D eigenvalue weighted by atomic mass is 16.5. The Labute approximate surface area is 212 Å². The summed E-state index contributed by atoms with van der Waals surface area (Å²) in [6.45, 7) is 2.57. The SMILES string of the molecule is COc1ccc(-c2ccc(-c3cc(Nc4cccc(CN(B(C)O)C5CC5)c4)n[nH]3)cc2)c(OC)c1. The van der Waals surface area contributed by atoms with Gasteiger partial charge in [0.05, 0.1) is 19.9 Å². The lowest BCUT2D eigenvalue weighted by atomic mass is 9.84. The molecule has 1 aliphatic rings. The van der Waals surface area contributed by atoms with E-state index in [0.717, 1.165) is 70.3 Å². The topological polar surface area (TPSA) is 82.6 Å². The second kappa shape index (κ2) is 10.5. The van der Waals surface area contributed by atoms with E-state index in [2.05, 4.69) is 56.7 Å². The highest BCUT2D eigenvalue weighted by molar-refractivity contribution is 6.45. The highest BCUT2D eigenvalue weighted by Crippen LogP contribution is 2.34. The number of ether oxygens (including phenoxy) is 2. The van der Waals surface area contributed by atoms with Crippen LogP contribution in [0.4, 0.5) is 11.5 Å². The van der Waals surface area contributed by atoms with Crippen molar-refractivity contribution < 1.29 is 14.5 Å². The number of aromatic nitrogens is 2. The van der Waals surface area contributed by atoms with Crippen LogP contribution in [-0.4, -0.2) is 47.3 Å². The maximum atomic E-state index is 10.1. The molecule has 5 rings (SSSR count). The molecule has 0 spiro atoms. The van der Waals surface area contributed by atoms with Crippen molar-refractivity contribution in [2.45, 2.75) is 32.3 Å². The van der Waals surface area contributed by atoms with Gasteiger partial charge in [-0.25, -0.2) is 0 Å². The van der Waals surface area contributed by atoms with Gasteiger partial charge in [-0.1, -0.05) is 36.4 Å². The molecular formula is C28H31BN4O3. The van der Waals surface area contributed by atoms with E-state index in [-0.39, 0.29) is 0 Å². The van der Waals surface area contributed by atoms with Gasteiger partial charge in [-0.3, -0.25) is 5.10 Å². The van der Waals surface area contributed by atoms with E-state index in [1.807, 2.05) is 43.2 Å². The Kier molecular flexibility index (Phi) is 6.98. The van der Waals surface area contributed by atoms with Crippen LogP contribution in [0, 0.1) is 0 Å². The minimum atomic E-state index is -0.444. The van der Waals surface area contributed by atoms with E-state index in [9.17, 15) is 5.02 Å². The second-order valence-corrected chi connectivity index (χ2v) is 9.17. The number of anilines is 2. The van der Waals surface area contributed by atoms with Gasteiger partial charge in [-0.2, -0.15) is 5.10 Å². The normalized spacial score (nSPS) is 13.0. The number of methoxy groups -OCH3 is 2. The molecule has 36 heavy (non-hydrogen) atoms. The monoisotopic (exact) mass is 482 g/mol. The molecule has 0 atom stereocenters. The average Bonchev–Trinajstić information content (AvgIpc) is 3.64. The number of aromatic amines is 1. The van der Waals surface area contributed by atoms with Crippen molar-refractivity contribution in [3.05, 3.63) is 78.4 Å². The fourth-order valence-corrected chi connectivity index (χ4v) is 4.48. The van der Waals surface area contributed by atoms with Crippen LogP contribution >= 0.6 is 0 Å². The number of hydrogen-bond donors (Lipinski definition) is 3. The van der Waals surface area contributed by atoms with Gasteiger partial charge in [0.15, 0.2) is 5.82 Å². The van der Waals surface area contributed by atoms with Gasteiger partial charge in [0.2, 0.25) is 0 Å². The molecule has 0 saturated heterocycles. The first-order valence-corrected chi connectivity index (χ1v) is 12.2. The smallest absolute Gasteiger partial charge is 0.376 e. The summed E-state index contributed by atoms with van der Waals surface area (Å²) in [5, 5.41) is 21.1. The van der Waals surface area contributed by atoms with E-state index in [4.69, 9.17) is 9.47 Å². The van der Waals surface area contributed by atoms with Gasteiger partial charge in [-0.05, 0) is 60.6 Å². The number of nitrogens with zero attached hydrogens (tertiary/aromatic N) is 2. The first-order chi connectivity index (χ1) is 17.5. The van der Waals surface area contributed by atoms with Crippen molar-refractivity contribution in [1.29, 1.82) is 0 Å². The van der Waals surface area contributed by atoms with Crippen molar-refractivity contribution in [2.75, 3.05) is 19.5 Å². The third-order valence-corrected chi connectivity index (χ3v) is 6.55. The Morgan fingerprint density at radius 3 is 2.47 bits per heavy atom. The predicted molar refractivity (Wildman–Crippen MR) is 145 cm³/mol. The molecule has 0 amide bonds. The summed E-state index contributed by atoms with van der Waals surface area (Å²) >= 11 is 0. The van der Waals surface area contributed by atoms with Crippen molar-refractivity contribution in [1.82, 2.24) is 15.0 Å². The van der Waals surface area contributed by atoms with Crippen LogP contribution in [0.5, 0.6) is 11.5 Å². The Morgan fingerprint density at radius 1 is 1.00 bits per heavy atom. The summed E-state index contributed by atoms with van der Waals surface area (Å²) in [5.74, 6) is 2.28. The molecule has 0 radical (unpaired) electrons. The Bertz CT molecular complexity index is 1320. The number of benzene rings is 3. The van der Waals surface area contributed by atoms with E-state index >= 15 is 0 Å². The Balaban J connectivity index is 1.28. The van der Waals surface area contributed by atoms with E-state index in [1.54, 1.807) is 14.2 Å². The maximum Gasteiger partial charge on any atom is 0.376 e. The lowest BCUT2D eigenvalue weighted by Crippen LogP contribution is -2.38. The molecule has 0 bridgehead atoms. The van der Waals surface area contributed by atoms with Crippen molar-refractivity contribution in [3.8, 4) is 33.9 Å². The summed E-state index contributed by atoms with van der Waals surface area (Å²) < 4.78 is 10.9. The summed E-state index contributed by atoms with van der Waals surface area (Å²) in [6.07, 6.45) is 2.32. The van der Waals surface area contributed by atoms with Crippen LogP contribution in [0.1, 0.15) is 18.4 Å². The molecule has 1 fully saturated rings. The van der Waals surface area contributed by atoms with Gasteiger partial charge in [0.1, 0.15) is 11.5 Å². The lowest BCUT2D eigenvalue weighted by Gasteiger charge is -2.23. The summed E-state index contributed by atoms with van der Waals surface area (Å²) in [4.78, 5) is 2.15. The Morgan fingerprint density at radius 2 is 1.78 bits per heavy atom. The van der Waals surface area contributed by atoms with Crippen LogP contribution in [0.2, 0.25) is 6.82 Å². The van der Waals surface area contributed by atoms with Crippen molar-refractivity contribution >= 4 is 18.6 Å². The molecule has 0 aliphatic heterocycles. The van der Waals surface area contributed by atoms with E-state index in [1.165, 1.54) is 0 Å². The van der Waals surface area contributed by atoms with E-state index < -0.39 is 7.05 Å². The molecule has 1 saturated carbocycles. The standard InChI is InChI=1S/C28H31BN4O3/c1-29(34)33(23-11-12-23)18-19-5-4-6-22(15-19)30-28-17-26(31-32-28)21-9-7-20(8-10-21)25-14-13-24(35-2)16-27(25)36-3/h4-10,13-17,23,34H,11-12,18H2,1-3H3,(H2,30,31,32). The Hall–Kier alpha value is -3.75. The molecule has 4 aromatic rings. The van der Waals surface area contributed by atoms with Gasteiger partial charge >= 0.3 is 7.05 Å². The predicted octanol–water partition coefficient (Wildman–Crippen LogP) is 5.58. The molecule has 184 valence electrons. The third-order valence-electron chi connectivity index (χ3n) is 6.55. The number of hydrogen-bond acceptors (Lipinski definition) is 6. The van der Waals surface area contributed by atoms with Crippen LogP contribution in [0.3, 0.4) is 0 Å². The van der Waals surface area contributed by atoms with Gasteiger partial charge in [0, 0.05) is 36.0 Å². The molecule has 1 heterocycles. The first kappa shape index (κ1) is 24.0. The average molecular weight is 482 g/mol. The minimum absolute atomic E-state index is 0.444. The van der Waals surface area contributed by atoms with Crippen molar-refractivity contribution in [2.24, 2.45) is 0 Å². The summed E-state index contributed by atoms with van der Waals surface area (Å²) in [5.41, 5.74) is 6.16. The fourth-order valence-electron chi connectivity index (χ4n) is 4.48. The van der Waals surface area contributed by atoms with Crippen LogP contribution in [0.15, 0.2) is 72.8 Å². The quantitative estimate of drug-likeness (QED) is 0.256. The van der Waals surface area contributed by atoms with Gasteiger partial charge < -0.3 is 24.6 Å². The lowest BCUT2D eigenvalue weighted by molar-refractivity contribution is 0.351. The highest BCUT2D eigenvalue weighted by Gasteiger charge is 2.33. The molecule has 1 aliphatic carbocycles. The van der Waals surface area contributed by atoms with Crippen LogP contribution in [-0.2, 0) is 6.54 Å². The maximum absolute atomic E-state index is 10.1. The molecule has 8 heteroatoms. The van der Waals surface area contributed by atoms with E-state index in [0.29, 0.717) is 6.04 Å². The van der Waals surface area contributed by atoms with Gasteiger partial charge in [-0.15, -0.1) is 0 Å². The zero-order valence-corrected chi connectivity index (χ0v) is 20.9. The molecule has 0 unspecified atom stereocenters. The largest absolute Gasteiger partial charge is 0.497 e.